The van der Waals surface area contributed by atoms with Crippen LogP contribution in [0.2, 0.25) is 0 Å². The van der Waals surface area contributed by atoms with Gasteiger partial charge in [-0.2, -0.15) is 13.2 Å². The highest BCUT2D eigenvalue weighted by molar-refractivity contribution is 7.84. The monoisotopic (exact) mass is 156 g/mol. The van der Waals surface area contributed by atoms with Gasteiger partial charge in [0.05, 0.1) is 4.91 Å². The van der Waals surface area contributed by atoms with Crippen molar-refractivity contribution in [3.63, 3.8) is 0 Å². The first-order valence-electron chi connectivity index (χ1n) is 2.44. The topological polar surface area (TPSA) is 0 Å². The maximum atomic E-state index is 11.5. The molecule has 0 aliphatic rings. The van der Waals surface area contributed by atoms with Crippen molar-refractivity contribution in [2.24, 2.45) is 0 Å². The average Bonchev–Trinajstić information content (AvgIpc) is 1.64. The molecule has 0 heterocycles. The molecule has 9 heavy (non-hydrogen) atoms. The highest BCUT2D eigenvalue weighted by Gasteiger charge is 2.30. The molecule has 0 amide bonds. The Hall–Kier alpha value is -0.120. The summed E-state index contributed by atoms with van der Waals surface area (Å²) in [5.41, 5.74) is 0. The minimum atomic E-state index is -4.26. The summed E-state index contributed by atoms with van der Waals surface area (Å²) in [6.45, 7) is 1.63. The Balaban J connectivity index is 4.03. The summed E-state index contributed by atoms with van der Waals surface area (Å²) in [6.07, 6.45) is -2.87. The van der Waals surface area contributed by atoms with Crippen molar-refractivity contribution in [3.05, 3.63) is 11.0 Å². The maximum Gasteiger partial charge on any atom is 0.421 e. The predicted octanol–water partition coefficient (Wildman–Crippen LogP) is 2.77. The zero-order valence-corrected chi connectivity index (χ0v) is 5.76. The largest absolute Gasteiger partial charge is 0.421 e. The Kier molecular flexibility index (Phi) is 3.11. The predicted molar refractivity (Wildman–Crippen MR) is 33.4 cm³/mol. The van der Waals surface area contributed by atoms with Crippen LogP contribution in [0.25, 0.3) is 0 Å². The molecule has 0 bridgehead atoms. The van der Waals surface area contributed by atoms with Gasteiger partial charge in [0.15, 0.2) is 0 Å². The summed E-state index contributed by atoms with van der Waals surface area (Å²) >= 11 is 3.23. The number of halogens is 3. The molecule has 0 radical (unpaired) electrons. The minimum absolute atomic E-state index is 0.359. The van der Waals surface area contributed by atoms with Crippen LogP contribution >= 0.6 is 12.6 Å². The number of thiol groups is 1. The van der Waals surface area contributed by atoms with Gasteiger partial charge in [0.2, 0.25) is 0 Å². The van der Waals surface area contributed by atoms with Gasteiger partial charge in [-0.1, -0.05) is 13.0 Å². The van der Waals surface area contributed by atoms with E-state index in [1.54, 1.807) is 6.92 Å². The zero-order chi connectivity index (χ0) is 7.49. The molecule has 0 N–H and O–H groups in total. The highest BCUT2D eigenvalue weighted by atomic mass is 32.1. The van der Waals surface area contributed by atoms with E-state index in [0.29, 0.717) is 6.42 Å². The highest BCUT2D eigenvalue weighted by Crippen LogP contribution is 2.28. The molecule has 4 heteroatoms. The molecule has 0 aromatic carbocycles. The summed E-state index contributed by atoms with van der Waals surface area (Å²) in [5.74, 6) is 0. The normalized spacial score (nSPS) is 14.1. The van der Waals surface area contributed by atoms with Crippen LogP contribution in [-0.2, 0) is 0 Å². The Morgan fingerprint density at radius 2 is 2.00 bits per heavy atom. The van der Waals surface area contributed by atoms with E-state index in [1.807, 2.05) is 0 Å². The van der Waals surface area contributed by atoms with Crippen molar-refractivity contribution in [2.75, 3.05) is 0 Å². The third-order valence-electron chi connectivity index (χ3n) is 0.688. The molecule has 0 saturated heterocycles. The summed E-state index contributed by atoms with van der Waals surface area (Å²) < 4.78 is 34.5. The minimum Gasteiger partial charge on any atom is -0.166 e. The second-order valence-electron chi connectivity index (χ2n) is 1.50. The van der Waals surface area contributed by atoms with E-state index in [9.17, 15) is 13.2 Å². The quantitative estimate of drug-likeness (QED) is 0.554. The molecule has 0 rings (SSSR count). The number of allylic oxidation sites excluding steroid dienone is 2. The van der Waals surface area contributed by atoms with E-state index in [2.05, 4.69) is 12.6 Å². The molecule has 0 spiro atoms. The van der Waals surface area contributed by atoms with Crippen molar-refractivity contribution >= 4 is 12.6 Å². The van der Waals surface area contributed by atoms with Gasteiger partial charge in [0.1, 0.15) is 0 Å². The van der Waals surface area contributed by atoms with Crippen molar-refractivity contribution in [1.82, 2.24) is 0 Å². The van der Waals surface area contributed by atoms with Crippen LogP contribution in [0.3, 0.4) is 0 Å². The third-order valence-corrected chi connectivity index (χ3v) is 1.12. The fourth-order valence-electron chi connectivity index (χ4n) is 0.309. The van der Waals surface area contributed by atoms with Crippen LogP contribution in [0.4, 0.5) is 13.2 Å². The van der Waals surface area contributed by atoms with Crippen LogP contribution in [0.15, 0.2) is 11.0 Å². The lowest BCUT2D eigenvalue weighted by molar-refractivity contribution is -0.0836. The first kappa shape index (κ1) is 8.88. The molecule has 0 nitrogen and oxygen atoms in total. The first-order valence-corrected chi connectivity index (χ1v) is 2.89. The Morgan fingerprint density at radius 1 is 1.56 bits per heavy atom. The van der Waals surface area contributed by atoms with E-state index in [0.717, 1.165) is 6.08 Å². The Bertz CT molecular complexity index is 114. The molecule has 0 aromatic heterocycles. The van der Waals surface area contributed by atoms with Crippen molar-refractivity contribution in [2.45, 2.75) is 19.5 Å². The van der Waals surface area contributed by atoms with E-state index in [4.69, 9.17) is 0 Å². The van der Waals surface area contributed by atoms with E-state index in [-0.39, 0.29) is 0 Å². The molecular formula is C5H7F3S. The summed E-state index contributed by atoms with van der Waals surface area (Å²) in [6, 6.07) is 0. The SMILES string of the molecule is CC/C=C(/S)C(F)(F)F. The molecule has 0 aromatic rings. The number of hydrogen-bond donors (Lipinski definition) is 1. The first-order chi connectivity index (χ1) is 3.98. The molecule has 0 unspecified atom stereocenters. The van der Waals surface area contributed by atoms with Crippen LogP contribution in [0.1, 0.15) is 13.3 Å². The number of hydrogen-bond acceptors (Lipinski definition) is 1. The average molecular weight is 156 g/mol. The smallest absolute Gasteiger partial charge is 0.166 e. The number of alkyl halides is 3. The van der Waals surface area contributed by atoms with Gasteiger partial charge in [-0.05, 0) is 6.42 Å². The fourth-order valence-corrected chi connectivity index (χ4v) is 0.492. The summed E-state index contributed by atoms with van der Waals surface area (Å²) in [4.78, 5) is -0.815. The van der Waals surface area contributed by atoms with Crippen molar-refractivity contribution in [3.8, 4) is 0 Å². The van der Waals surface area contributed by atoms with Gasteiger partial charge >= 0.3 is 6.18 Å². The van der Waals surface area contributed by atoms with Crippen molar-refractivity contribution < 1.29 is 13.2 Å². The van der Waals surface area contributed by atoms with E-state index >= 15 is 0 Å². The van der Waals surface area contributed by atoms with Gasteiger partial charge in [0.25, 0.3) is 0 Å². The maximum absolute atomic E-state index is 11.5. The molecular weight excluding hydrogens is 149 g/mol. The van der Waals surface area contributed by atoms with Crippen LogP contribution in [-0.4, -0.2) is 6.18 Å². The standard InChI is InChI=1S/C5H7F3S/c1-2-3-4(9)5(6,7)8/h3,9H,2H2,1H3/b4-3+. The molecule has 54 valence electrons. The Labute approximate surface area is 57.2 Å². The zero-order valence-electron chi connectivity index (χ0n) is 4.87. The van der Waals surface area contributed by atoms with Gasteiger partial charge in [-0.25, -0.2) is 0 Å². The summed E-state index contributed by atoms with van der Waals surface area (Å²) in [5, 5.41) is 0. The van der Waals surface area contributed by atoms with Gasteiger partial charge in [0, 0.05) is 0 Å². The van der Waals surface area contributed by atoms with Gasteiger partial charge in [-0.15, -0.1) is 12.6 Å². The molecule has 0 aliphatic carbocycles. The Morgan fingerprint density at radius 3 is 2.11 bits per heavy atom. The van der Waals surface area contributed by atoms with Crippen molar-refractivity contribution in [1.29, 1.82) is 0 Å². The summed E-state index contributed by atoms with van der Waals surface area (Å²) in [7, 11) is 0. The molecule has 0 saturated carbocycles. The lowest BCUT2D eigenvalue weighted by Gasteiger charge is -2.03. The van der Waals surface area contributed by atoms with Crippen LogP contribution < -0.4 is 0 Å². The second-order valence-corrected chi connectivity index (χ2v) is 1.98. The molecule has 0 aliphatic heterocycles. The van der Waals surface area contributed by atoms with Crippen LogP contribution in [0, 0.1) is 0 Å². The number of rotatable bonds is 1. The lowest BCUT2D eigenvalue weighted by Crippen LogP contribution is -2.06. The molecule has 0 fully saturated rings. The fraction of sp³-hybridized carbons (Fsp3) is 0.600. The third kappa shape index (κ3) is 3.46. The second kappa shape index (κ2) is 3.15. The molecule has 0 atom stereocenters. The van der Waals surface area contributed by atoms with Gasteiger partial charge in [-0.3, -0.25) is 0 Å². The van der Waals surface area contributed by atoms with Gasteiger partial charge < -0.3 is 0 Å². The van der Waals surface area contributed by atoms with E-state index < -0.39 is 11.1 Å². The van der Waals surface area contributed by atoms with Crippen LogP contribution in [0.5, 0.6) is 0 Å². The lowest BCUT2D eigenvalue weighted by atomic mass is 10.4. The van der Waals surface area contributed by atoms with E-state index in [1.165, 1.54) is 0 Å².